The van der Waals surface area contributed by atoms with Crippen LogP contribution < -0.4 is 5.73 Å². The molecule has 0 radical (unpaired) electrons. The quantitative estimate of drug-likeness (QED) is 0.118. The van der Waals surface area contributed by atoms with Gasteiger partial charge in [-0.15, -0.1) is 0 Å². The first-order chi connectivity index (χ1) is 19.4. The third-order valence-electron chi connectivity index (χ3n) is 5.80. The summed E-state index contributed by atoms with van der Waals surface area (Å²) in [5.74, 6) is -58.3. The summed E-state index contributed by atoms with van der Waals surface area (Å²) in [6.07, 6.45) is -7.90. The van der Waals surface area contributed by atoms with Crippen molar-refractivity contribution in [2.45, 2.75) is 47.6 Å². The molecule has 246 valence electrons. The van der Waals surface area contributed by atoms with Gasteiger partial charge in [-0.25, -0.2) is 0 Å². The van der Waals surface area contributed by atoms with Crippen LogP contribution in [0.2, 0.25) is 0 Å². The lowest BCUT2D eigenvalue weighted by molar-refractivity contribution is -0.462. The monoisotopic (exact) mass is 677 g/mol. The lowest BCUT2D eigenvalue weighted by Gasteiger charge is -2.42. The zero-order valence-corrected chi connectivity index (χ0v) is 20.0. The van der Waals surface area contributed by atoms with Crippen molar-refractivity contribution < 1.29 is 84.5 Å². The van der Waals surface area contributed by atoms with Crippen LogP contribution >= 0.6 is 0 Å². The maximum absolute atomic E-state index is 14.7. The molecule has 0 atom stereocenters. The number of nitrogens with zero attached hydrogens (tertiary/aromatic N) is 2. The predicted octanol–water partition coefficient (Wildman–Crippen LogP) is 8.22. The molecular formula is C20H8F17N3O4. The van der Waals surface area contributed by atoms with E-state index in [4.69, 9.17) is 5.73 Å². The van der Waals surface area contributed by atoms with Gasteiger partial charge in [0.2, 0.25) is 0 Å². The maximum atomic E-state index is 14.7. The summed E-state index contributed by atoms with van der Waals surface area (Å²) in [5, 5.41) is 22.7. The zero-order valence-electron chi connectivity index (χ0n) is 20.0. The van der Waals surface area contributed by atoms with Crippen LogP contribution in [0.3, 0.4) is 0 Å². The minimum absolute atomic E-state index is 0.0915. The number of nitrogens with two attached hydrogens (primary N) is 1. The summed E-state index contributed by atoms with van der Waals surface area (Å²) >= 11 is 0. The Labute approximate surface area is 229 Å². The van der Waals surface area contributed by atoms with Gasteiger partial charge in [0.25, 0.3) is 5.69 Å². The normalized spacial score (nSPS) is 14.5. The Balaban J connectivity index is 2.82. The molecule has 44 heavy (non-hydrogen) atoms. The van der Waals surface area contributed by atoms with Crippen molar-refractivity contribution in [1.82, 2.24) is 0 Å². The van der Waals surface area contributed by atoms with Crippen molar-refractivity contribution in [1.29, 1.82) is 0 Å². The summed E-state index contributed by atoms with van der Waals surface area (Å²) in [5.41, 5.74) is -3.98. The van der Waals surface area contributed by atoms with Crippen LogP contribution in [-0.4, -0.2) is 51.6 Å². The molecule has 2 aromatic carbocycles. The van der Waals surface area contributed by atoms with E-state index in [9.17, 15) is 94.9 Å². The molecule has 0 unspecified atom stereocenters. The molecule has 0 bridgehead atoms. The third-order valence-corrected chi connectivity index (χ3v) is 5.80. The third kappa shape index (κ3) is 4.77. The van der Waals surface area contributed by atoms with Gasteiger partial charge in [0.1, 0.15) is 11.3 Å². The van der Waals surface area contributed by atoms with Crippen LogP contribution in [0.15, 0.2) is 36.4 Å². The highest BCUT2D eigenvalue weighted by atomic mass is 19.4. The van der Waals surface area contributed by atoms with Gasteiger partial charge in [-0.1, -0.05) is 18.2 Å². The summed E-state index contributed by atoms with van der Waals surface area (Å²) in [7, 11) is 0. The Morgan fingerprint density at radius 2 is 1.00 bits per heavy atom. The second-order valence-corrected chi connectivity index (χ2v) is 8.51. The minimum atomic E-state index is -8.83. The van der Waals surface area contributed by atoms with Crippen LogP contribution in [-0.2, 0) is 5.92 Å². The largest absolute Gasteiger partial charge is 0.460 e. The molecule has 24 heteroatoms. The second-order valence-electron chi connectivity index (χ2n) is 8.51. The first-order valence-corrected chi connectivity index (χ1v) is 10.4. The van der Waals surface area contributed by atoms with Crippen LogP contribution in [0, 0.1) is 20.2 Å². The van der Waals surface area contributed by atoms with Crippen molar-refractivity contribution in [2.24, 2.45) is 0 Å². The topological polar surface area (TPSA) is 112 Å². The van der Waals surface area contributed by atoms with Crippen LogP contribution in [0.1, 0.15) is 5.56 Å². The molecule has 7 nitrogen and oxygen atoms in total. The minimum Gasteiger partial charge on any atom is -0.393 e. The van der Waals surface area contributed by atoms with Gasteiger partial charge in [0.05, 0.1) is 9.85 Å². The summed E-state index contributed by atoms with van der Waals surface area (Å²) in [6, 6.07) is 0.445. The molecule has 0 spiro atoms. The smallest absolute Gasteiger partial charge is 0.393 e. The zero-order chi connectivity index (χ0) is 34.9. The van der Waals surface area contributed by atoms with Gasteiger partial charge in [0.15, 0.2) is 0 Å². The summed E-state index contributed by atoms with van der Waals surface area (Å²) < 4.78 is 231. The van der Waals surface area contributed by atoms with E-state index >= 15 is 0 Å². The number of nitro benzene ring substituents is 2. The predicted molar refractivity (Wildman–Crippen MR) is 109 cm³/mol. The van der Waals surface area contributed by atoms with Crippen LogP contribution in [0.25, 0.3) is 11.1 Å². The Morgan fingerprint density at radius 3 is 1.41 bits per heavy atom. The molecule has 0 aliphatic carbocycles. The number of benzene rings is 2. The first kappa shape index (κ1) is 36.0. The fraction of sp³-hybridized carbons (Fsp3) is 0.400. The SMILES string of the molecule is Nc1ccc([N+](=O)[O-])c(-c2cccc(C(F)(F)C(F)(F)C(F)(F)C(F)(F)C(F)(F)C(F)(F)C(F)(F)C(F)(F)F)c2)c1[N+](=O)[O-]. The lowest BCUT2D eigenvalue weighted by atomic mass is 9.86. The fourth-order valence-corrected chi connectivity index (χ4v) is 3.45. The van der Waals surface area contributed by atoms with Gasteiger partial charge >= 0.3 is 53.3 Å². The molecule has 0 amide bonds. The average molecular weight is 677 g/mol. The van der Waals surface area contributed by atoms with E-state index in [1.165, 1.54) is 0 Å². The number of nitro groups is 2. The van der Waals surface area contributed by atoms with Gasteiger partial charge < -0.3 is 5.73 Å². The molecule has 2 aromatic rings. The highest BCUT2D eigenvalue weighted by molar-refractivity contribution is 5.88. The summed E-state index contributed by atoms with van der Waals surface area (Å²) in [4.78, 5) is 19.8. The van der Waals surface area contributed by atoms with E-state index in [-0.39, 0.29) is 12.1 Å². The van der Waals surface area contributed by atoms with Gasteiger partial charge in [-0.2, -0.15) is 74.6 Å². The molecule has 0 aliphatic rings. The van der Waals surface area contributed by atoms with Gasteiger partial charge in [-0.05, 0) is 17.7 Å². The molecule has 0 heterocycles. The van der Waals surface area contributed by atoms with E-state index in [0.717, 1.165) is 0 Å². The molecule has 2 N–H and O–H groups in total. The van der Waals surface area contributed by atoms with Crippen molar-refractivity contribution >= 4 is 17.1 Å². The van der Waals surface area contributed by atoms with Crippen LogP contribution in [0.5, 0.6) is 0 Å². The van der Waals surface area contributed by atoms with Crippen molar-refractivity contribution in [3.05, 3.63) is 62.2 Å². The average Bonchev–Trinajstić information content (AvgIpc) is 2.86. The number of halogens is 17. The number of alkyl halides is 17. The molecule has 0 aromatic heterocycles. The first-order valence-electron chi connectivity index (χ1n) is 10.4. The number of hydrogen-bond acceptors (Lipinski definition) is 5. The van der Waals surface area contributed by atoms with E-state index in [1.54, 1.807) is 0 Å². The Morgan fingerprint density at radius 1 is 0.568 bits per heavy atom. The van der Waals surface area contributed by atoms with E-state index in [0.29, 0.717) is 18.2 Å². The molecule has 2 rings (SSSR count). The van der Waals surface area contributed by atoms with E-state index < -0.39 is 97.3 Å². The lowest BCUT2D eigenvalue weighted by Crippen LogP contribution is -2.74. The molecule has 0 fully saturated rings. The fourth-order valence-electron chi connectivity index (χ4n) is 3.45. The highest BCUT2D eigenvalue weighted by Crippen LogP contribution is 2.65. The Bertz CT molecular complexity index is 1470. The number of nitrogen functional groups attached to an aromatic ring is 1. The highest BCUT2D eigenvalue weighted by Gasteiger charge is 2.95. The Hall–Kier alpha value is -4.15. The van der Waals surface area contributed by atoms with E-state index in [2.05, 4.69) is 0 Å². The number of rotatable bonds is 10. The van der Waals surface area contributed by atoms with Crippen LogP contribution in [0.4, 0.5) is 91.7 Å². The Kier molecular flexibility index (Phi) is 8.36. The maximum Gasteiger partial charge on any atom is 0.460 e. The van der Waals surface area contributed by atoms with E-state index in [1.807, 2.05) is 0 Å². The molecule has 0 saturated heterocycles. The van der Waals surface area contributed by atoms with Gasteiger partial charge in [0, 0.05) is 11.6 Å². The van der Waals surface area contributed by atoms with Crippen molar-refractivity contribution in [3.63, 3.8) is 0 Å². The molecule has 0 aliphatic heterocycles. The van der Waals surface area contributed by atoms with Crippen molar-refractivity contribution in [2.75, 3.05) is 5.73 Å². The number of hydrogen-bond donors (Lipinski definition) is 1. The molecule has 0 saturated carbocycles. The standard InChI is InChI=1S/C20H8F17N3O4/c21-13(22,8-3-1-2-7(6-8)11-10(39(41)42)5-4-9(38)12(11)40(43)44)14(23,24)15(25,26)16(27,28)17(29,30)18(31,32)19(33,34)20(35,36)37/h1-6H,38H2. The second kappa shape index (κ2) is 10.2. The van der Waals surface area contributed by atoms with Crippen molar-refractivity contribution in [3.8, 4) is 11.1 Å². The summed E-state index contributed by atoms with van der Waals surface area (Å²) in [6.45, 7) is 0. The molecular weight excluding hydrogens is 669 g/mol. The van der Waals surface area contributed by atoms with Gasteiger partial charge in [-0.3, -0.25) is 20.2 Å². The number of anilines is 1.